The molecule has 0 fully saturated rings. The van der Waals surface area contributed by atoms with Gasteiger partial charge in [0.1, 0.15) is 0 Å². The van der Waals surface area contributed by atoms with Crippen molar-refractivity contribution in [1.82, 2.24) is 20.8 Å². The quantitative estimate of drug-likeness (QED) is 0.803. The van der Waals surface area contributed by atoms with E-state index in [-0.39, 0.29) is 18.3 Å². The van der Waals surface area contributed by atoms with E-state index in [9.17, 15) is 4.79 Å². The highest BCUT2D eigenvalue weighted by atomic mass is 35.5. The Morgan fingerprint density at radius 3 is 2.68 bits per heavy atom. The van der Waals surface area contributed by atoms with Crippen LogP contribution in [-0.2, 0) is 11.2 Å². The SMILES string of the molecule is CNCCC(=O)NCCc1nc(-c2ccc(Cl)cc2)no1.Cl. The van der Waals surface area contributed by atoms with Crippen LogP contribution in [-0.4, -0.2) is 36.2 Å². The van der Waals surface area contributed by atoms with Crippen molar-refractivity contribution in [2.45, 2.75) is 12.8 Å². The molecular formula is C14H18Cl2N4O2. The topological polar surface area (TPSA) is 80.0 Å². The number of rotatable bonds is 7. The van der Waals surface area contributed by atoms with Crippen molar-refractivity contribution >= 4 is 29.9 Å². The maximum absolute atomic E-state index is 11.4. The van der Waals surface area contributed by atoms with Crippen LogP contribution >= 0.6 is 24.0 Å². The second-order valence-electron chi connectivity index (χ2n) is 4.47. The molecule has 2 aromatic rings. The lowest BCUT2D eigenvalue weighted by Crippen LogP contribution is -2.28. The highest BCUT2D eigenvalue weighted by Gasteiger charge is 2.09. The number of carbonyl (C=O) groups excluding carboxylic acids is 1. The van der Waals surface area contributed by atoms with Crippen LogP contribution in [0.1, 0.15) is 12.3 Å². The molecule has 22 heavy (non-hydrogen) atoms. The van der Waals surface area contributed by atoms with Gasteiger partial charge in [-0.25, -0.2) is 0 Å². The van der Waals surface area contributed by atoms with Crippen molar-refractivity contribution in [2.75, 3.05) is 20.1 Å². The number of nitrogens with one attached hydrogen (secondary N) is 2. The van der Waals surface area contributed by atoms with Crippen LogP contribution in [0, 0.1) is 0 Å². The number of carbonyl (C=O) groups is 1. The third-order valence-corrected chi connectivity index (χ3v) is 3.09. The number of hydrogen-bond donors (Lipinski definition) is 2. The van der Waals surface area contributed by atoms with Gasteiger partial charge in [-0.1, -0.05) is 16.8 Å². The number of aromatic nitrogens is 2. The second-order valence-corrected chi connectivity index (χ2v) is 4.91. The first kappa shape index (κ1) is 18.4. The lowest BCUT2D eigenvalue weighted by atomic mass is 10.2. The molecule has 0 unspecified atom stereocenters. The first-order valence-corrected chi connectivity index (χ1v) is 7.06. The zero-order valence-electron chi connectivity index (χ0n) is 12.1. The molecule has 0 radical (unpaired) electrons. The first-order valence-electron chi connectivity index (χ1n) is 6.69. The van der Waals surface area contributed by atoms with Gasteiger partial charge < -0.3 is 15.2 Å². The fourth-order valence-electron chi connectivity index (χ4n) is 1.71. The zero-order chi connectivity index (χ0) is 15.1. The molecule has 0 atom stereocenters. The van der Waals surface area contributed by atoms with Crippen molar-refractivity contribution in [3.8, 4) is 11.4 Å². The minimum absolute atomic E-state index is 0. The maximum atomic E-state index is 11.4. The van der Waals surface area contributed by atoms with Gasteiger partial charge in [0.05, 0.1) is 0 Å². The van der Waals surface area contributed by atoms with E-state index < -0.39 is 0 Å². The summed E-state index contributed by atoms with van der Waals surface area (Å²) in [7, 11) is 1.81. The van der Waals surface area contributed by atoms with Crippen LogP contribution in [0.4, 0.5) is 0 Å². The highest BCUT2D eigenvalue weighted by Crippen LogP contribution is 2.18. The summed E-state index contributed by atoms with van der Waals surface area (Å²) in [4.78, 5) is 15.7. The molecule has 120 valence electrons. The fraction of sp³-hybridized carbons (Fsp3) is 0.357. The Labute approximate surface area is 140 Å². The third kappa shape index (κ3) is 5.63. The summed E-state index contributed by atoms with van der Waals surface area (Å²) in [6.45, 7) is 1.14. The number of benzene rings is 1. The van der Waals surface area contributed by atoms with Crippen molar-refractivity contribution in [1.29, 1.82) is 0 Å². The Bertz CT molecular complexity index is 587. The normalized spacial score (nSPS) is 10.1. The summed E-state index contributed by atoms with van der Waals surface area (Å²) >= 11 is 5.83. The van der Waals surface area contributed by atoms with Gasteiger partial charge in [-0.15, -0.1) is 12.4 Å². The molecule has 0 saturated carbocycles. The van der Waals surface area contributed by atoms with Crippen LogP contribution in [0.2, 0.25) is 5.02 Å². The number of nitrogens with zero attached hydrogens (tertiary/aromatic N) is 2. The van der Waals surface area contributed by atoms with Crippen LogP contribution < -0.4 is 10.6 Å². The van der Waals surface area contributed by atoms with E-state index >= 15 is 0 Å². The Balaban J connectivity index is 0.00000242. The molecule has 0 aliphatic heterocycles. The molecule has 0 bridgehead atoms. The number of halogens is 2. The molecule has 6 nitrogen and oxygen atoms in total. The molecule has 2 N–H and O–H groups in total. The summed E-state index contributed by atoms with van der Waals surface area (Å²) in [6.07, 6.45) is 0.961. The summed E-state index contributed by atoms with van der Waals surface area (Å²) in [5, 5.41) is 10.3. The van der Waals surface area contributed by atoms with Gasteiger partial charge in [0.2, 0.25) is 17.6 Å². The third-order valence-electron chi connectivity index (χ3n) is 2.83. The predicted octanol–water partition coefficient (Wildman–Crippen LogP) is 2.08. The van der Waals surface area contributed by atoms with Gasteiger partial charge in [0.25, 0.3) is 0 Å². The van der Waals surface area contributed by atoms with Gasteiger partial charge in [-0.05, 0) is 31.3 Å². The Hall–Kier alpha value is -1.63. The fourth-order valence-corrected chi connectivity index (χ4v) is 1.83. The van der Waals surface area contributed by atoms with Crippen molar-refractivity contribution in [2.24, 2.45) is 0 Å². The van der Waals surface area contributed by atoms with E-state index in [4.69, 9.17) is 16.1 Å². The van der Waals surface area contributed by atoms with E-state index in [1.165, 1.54) is 0 Å². The van der Waals surface area contributed by atoms with Gasteiger partial charge in [0.15, 0.2) is 0 Å². The van der Waals surface area contributed by atoms with Gasteiger partial charge in [0, 0.05) is 36.5 Å². The standard InChI is InChI=1S/C14H17ClN4O2.ClH/c1-16-8-6-12(20)17-9-7-13-18-14(19-21-13)10-2-4-11(15)5-3-10;/h2-5,16H,6-9H2,1H3,(H,17,20);1H. The minimum atomic E-state index is 0. The van der Waals surface area contributed by atoms with E-state index in [1.807, 2.05) is 19.2 Å². The summed E-state index contributed by atoms with van der Waals surface area (Å²) in [5.74, 6) is 1.01. The smallest absolute Gasteiger partial charge is 0.228 e. The molecule has 1 aromatic carbocycles. The minimum Gasteiger partial charge on any atom is -0.356 e. The van der Waals surface area contributed by atoms with Crippen LogP contribution in [0.3, 0.4) is 0 Å². The Morgan fingerprint density at radius 1 is 1.27 bits per heavy atom. The van der Waals surface area contributed by atoms with Gasteiger partial charge >= 0.3 is 0 Å². The predicted molar refractivity (Wildman–Crippen MR) is 87.2 cm³/mol. The van der Waals surface area contributed by atoms with Crippen LogP contribution in [0.5, 0.6) is 0 Å². The molecule has 0 aliphatic carbocycles. The molecule has 0 aliphatic rings. The van der Waals surface area contributed by atoms with E-state index in [1.54, 1.807) is 12.1 Å². The van der Waals surface area contributed by atoms with Gasteiger partial charge in [-0.3, -0.25) is 4.79 Å². The monoisotopic (exact) mass is 344 g/mol. The van der Waals surface area contributed by atoms with Crippen molar-refractivity contribution in [3.05, 3.63) is 35.2 Å². The van der Waals surface area contributed by atoms with Crippen molar-refractivity contribution in [3.63, 3.8) is 0 Å². The van der Waals surface area contributed by atoms with E-state index in [2.05, 4.69) is 20.8 Å². The van der Waals surface area contributed by atoms with E-state index in [0.29, 0.717) is 42.7 Å². The number of hydrogen-bond acceptors (Lipinski definition) is 5. The molecule has 1 amide bonds. The molecule has 0 spiro atoms. The average Bonchev–Trinajstić information content (AvgIpc) is 2.95. The second kappa shape index (κ2) is 9.40. The molecule has 8 heteroatoms. The lowest BCUT2D eigenvalue weighted by molar-refractivity contribution is -0.120. The van der Waals surface area contributed by atoms with E-state index in [0.717, 1.165) is 5.56 Å². The summed E-state index contributed by atoms with van der Waals surface area (Å²) < 4.78 is 5.15. The molecular weight excluding hydrogens is 327 g/mol. The first-order chi connectivity index (χ1) is 10.2. The van der Waals surface area contributed by atoms with Crippen molar-refractivity contribution < 1.29 is 9.32 Å². The molecule has 1 heterocycles. The van der Waals surface area contributed by atoms with Crippen LogP contribution in [0.25, 0.3) is 11.4 Å². The Morgan fingerprint density at radius 2 is 2.00 bits per heavy atom. The molecule has 1 aromatic heterocycles. The molecule has 0 saturated heterocycles. The largest absolute Gasteiger partial charge is 0.356 e. The highest BCUT2D eigenvalue weighted by molar-refractivity contribution is 6.30. The summed E-state index contributed by atoms with van der Waals surface area (Å²) in [6, 6.07) is 7.21. The maximum Gasteiger partial charge on any atom is 0.228 e. The zero-order valence-corrected chi connectivity index (χ0v) is 13.7. The van der Waals surface area contributed by atoms with Gasteiger partial charge in [-0.2, -0.15) is 4.98 Å². The number of amides is 1. The summed E-state index contributed by atoms with van der Waals surface area (Å²) in [5.41, 5.74) is 0.840. The Kier molecular flexibility index (Phi) is 7.87. The average molecular weight is 345 g/mol. The van der Waals surface area contributed by atoms with Crippen LogP contribution in [0.15, 0.2) is 28.8 Å². The molecule has 2 rings (SSSR count). The lowest BCUT2D eigenvalue weighted by Gasteiger charge is -2.02.